The number of aliphatic imine (C=N–C) groups is 1. The lowest BCUT2D eigenvalue weighted by Gasteiger charge is -2.29. The lowest BCUT2D eigenvalue weighted by molar-refractivity contribution is 0.412. The summed E-state index contributed by atoms with van der Waals surface area (Å²) in [5, 5.41) is 3.27. The fourth-order valence-corrected chi connectivity index (χ4v) is 2.14. The quantitative estimate of drug-likeness (QED) is 0.478. The zero-order valence-electron chi connectivity index (χ0n) is 6.37. The zero-order valence-corrected chi connectivity index (χ0v) is 7.95. The maximum Gasteiger partial charge on any atom is 0.0902 e. The predicted molar refractivity (Wildman–Crippen MR) is 50.2 cm³/mol. The first-order valence-electron chi connectivity index (χ1n) is 3.89. The minimum atomic E-state index is 0.374. The van der Waals surface area contributed by atoms with Gasteiger partial charge in [-0.25, -0.2) is 0 Å². The predicted octanol–water partition coefficient (Wildman–Crippen LogP) is 1.32. The Labute approximate surface area is 74.9 Å². The molecule has 4 unspecified atom stereocenters. The van der Waals surface area contributed by atoms with Gasteiger partial charge >= 0.3 is 0 Å². The number of rotatable bonds is 0. The standard InChI is InChI=1S/C8H11BrN2/c1-5-6(9)2-3-7-8(5)11-4-10-7/h2-8H,1H3,(H,10,11). The maximum absolute atomic E-state index is 4.30. The van der Waals surface area contributed by atoms with Crippen LogP contribution in [0.1, 0.15) is 6.92 Å². The second-order valence-electron chi connectivity index (χ2n) is 3.15. The van der Waals surface area contributed by atoms with E-state index in [1.165, 1.54) is 0 Å². The third kappa shape index (κ3) is 1.11. The minimum absolute atomic E-state index is 0.374. The van der Waals surface area contributed by atoms with Crippen molar-refractivity contribution in [2.24, 2.45) is 10.9 Å². The van der Waals surface area contributed by atoms with Crippen LogP contribution in [0.4, 0.5) is 0 Å². The molecule has 0 bridgehead atoms. The Balaban J connectivity index is 2.21. The first-order valence-corrected chi connectivity index (χ1v) is 4.80. The highest BCUT2D eigenvalue weighted by atomic mass is 79.9. The highest BCUT2D eigenvalue weighted by Crippen LogP contribution is 2.27. The highest BCUT2D eigenvalue weighted by Gasteiger charge is 2.33. The van der Waals surface area contributed by atoms with E-state index in [-0.39, 0.29) is 0 Å². The Hall–Kier alpha value is -0.310. The van der Waals surface area contributed by atoms with Gasteiger partial charge in [0.05, 0.1) is 18.4 Å². The fraction of sp³-hybridized carbons (Fsp3) is 0.625. The molecule has 0 fully saturated rings. The van der Waals surface area contributed by atoms with Crippen molar-refractivity contribution >= 4 is 22.3 Å². The molecule has 0 aromatic rings. The van der Waals surface area contributed by atoms with Crippen LogP contribution in [0.2, 0.25) is 0 Å². The van der Waals surface area contributed by atoms with Crippen molar-refractivity contribution in [3.8, 4) is 0 Å². The Kier molecular flexibility index (Phi) is 1.75. The molecule has 1 aliphatic heterocycles. The van der Waals surface area contributed by atoms with Crippen molar-refractivity contribution in [3.05, 3.63) is 12.2 Å². The molecule has 0 radical (unpaired) electrons. The third-order valence-corrected chi connectivity index (χ3v) is 3.58. The lowest BCUT2D eigenvalue weighted by atomic mass is 9.88. The minimum Gasteiger partial charge on any atom is -0.371 e. The summed E-state index contributed by atoms with van der Waals surface area (Å²) in [6.45, 7) is 2.24. The van der Waals surface area contributed by atoms with E-state index < -0.39 is 0 Å². The van der Waals surface area contributed by atoms with Gasteiger partial charge in [0.15, 0.2) is 0 Å². The Morgan fingerprint density at radius 2 is 2.27 bits per heavy atom. The first kappa shape index (κ1) is 7.35. The second-order valence-corrected chi connectivity index (χ2v) is 4.21. The van der Waals surface area contributed by atoms with Gasteiger partial charge in [-0.15, -0.1) is 0 Å². The van der Waals surface area contributed by atoms with Gasteiger partial charge < -0.3 is 5.32 Å². The Morgan fingerprint density at radius 1 is 1.45 bits per heavy atom. The molecule has 1 heterocycles. The molecule has 0 amide bonds. The molecule has 60 valence electrons. The number of halogens is 1. The molecule has 0 saturated carbocycles. The lowest BCUT2D eigenvalue weighted by Crippen LogP contribution is -2.42. The van der Waals surface area contributed by atoms with Crippen LogP contribution in [-0.4, -0.2) is 23.2 Å². The summed E-state index contributed by atoms with van der Waals surface area (Å²) in [7, 11) is 0. The molecule has 0 spiro atoms. The number of fused-ring (bicyclic) bond motifs is 1. The summed E-state index contributed by atoms with van der Waals surface area (Å²) in [6, 6.07) is 0.878. The van der Waals surface area contributed by atoms with Crippen molar-refractivity contribution < 1.29 is 0 Å². The van der Waals surface area contributed by atoms with E-state index in [4.69, 9.17) is 0 Å². The van der Waals surface area contributed by atoms with E-state index in [0.29, 0.717) is 22.8 Å². The molecular weight excluding hydrogens is 204 g/mol. The highest BCUT2D eigenvalue weighted by molar-refractivity contribution is 9.09. The van der Waals surface area contributed by atoms with Crippen molar-refractivity contribution in [1.82, 2.24) is 5.32 Å². The van der Waals surface area contributed by atoms with E-state index in [0.717, 1.165) is 0 Å². The molecule has 1 aliphatic carbocycles. The molecule has 2 nitrogen and oxygen atoms in total. The van der Waals surface area contributed by atoms with Gasteiger partial charge in [-0.05, 0) is 5.92 Å². The zero-order chi connectivity index (χ0) is 7.84. The largest absolute Gasteiger partial charge is 0.371 e. The van der Waals surface area contributed by atoms with Gasteiger partial charge in [0.2, 0.25) is 0 Å². The average Bonchev–Trinajstić information content (AvgIpc) is 2.45. The van der Waals surface area contributed by atoms with E-state index in [1.54, 1.807) is 0 Å². The van der Waals surface area contributed by atoms with E-state index in [1.807, 2.05) is 6.34 Å². The number of hydrogen-bond donors (Lipinski definition) is 1. The maximum atomic E-state index is 4.30. The third-order valence-electron chi connectivity index (χ3n) is 2.44. The van der Waals surface area contributed by atoms with Gasteiger partial charge in [-0.1, -0.05) is 35.0 Å². The summed E-state index contributed by atoms with van der Waals surface area (Å²) in [5.74, 6) is 0.618. The summed E-state index contributed by atoms with van der Waals surface area (Å²) in [4.78, 5) is 4.80. The van der Waals surface area contributed by atoms with Crippen LogP contribution in [-0.2, 0) is 0 Å². The van der Waals surface area contributed by atoms with Crippen LogP contribution in [0, 0.1) is 5.92 Å². The van der Waals surface area contributed by atoms with Crippen LogP contribution < -0.4 is 5.32 Å². The molecule has 0 aromatic carbocycles. The second kappa shape index (κ2) is 2.63. The number of nitrogens with one attached hydrogen (secondary N) is 1. The molecule has 11 heavy (non-hydrogen) atoms. The van der Waals surface area contributed by atoms with Crippen molar-refractivity contribution in [2.75, 3.05) is 0 Å². The summed E-state index contributed by atoms with van der Waals surface area (Å²) in [5.41, 5.74) is 0. The molecule has 0 aromatic heterocycles. The van der Waals surface area contributed by atoms with Crippen LogP contribution in [0.5, 0.6) is 0 Å². The normalized spacial score (nSPS) is 47.1. The number of allylic oxidation sites excluding steroid dienone is 1. The number of nitrogens with zero attached hydrogens (tertiary/aromatic N) is 1. The SMILES string of the molecule is CC1C(Br)C=CC2N=CNC21. The van der Waals surface area contributed by atoms with E-state index >= 15 is 0 Å². The monoisotopic (exact) mass is 214 g/mol. The molecule has 0 saturated heterocycles. The fourth-order valence-electron chi connectivity index (χ4n) is 1.63. The average molecular weight is 215 g/mol. The topological polar surface area (TPSA) is 24.4 Å². The van der Waals surface area contributed by atoms with Gasteiger partial charge in [-0.3, -0.25) is 4.99 Å². The van der Waals surface area contributed by atoms with Crippen molar-refractivity contribution in [1.29, 1.82) is 0 Å². The first-order chi connectivity index (χ1) is 5.29. The Morgan fingerprint density at radius 3 is 3.09 bits per heavy atom. The van der Waals surface area contributed by atoms with Crippen LogP contribution in [0.15, 0.2) is 17.1 Å². The molecule has 2 aliphatic rings. The number of alkyl halides is 1. The molecule has 4 atom stereocenters. The molecule has 2 rings (SSSR count). The van der Waals surface area contributed by atoms with Gasteiger partial charge in [-0.2, -0.15) is 0 Å². The molecule has 1 N–H and O–H groups in total. The Bertz CT molecular complexity index is 212. The van der Waals surface area contributed by atoms with Crippen LogP contribution in [0.25, 0.3) is 0 Å². The van der Waals surface area contributed by atoms with E-state index in [9.17, 15) is 0 Å². The molecule has 3 heteroatoms. The number of hydrogen-bond acceptors (Lipinski definition) is 2. The van der Waals surface area contributed by atoms with Gasteiger partial charge in [0, 0.05) is 4.83 Å². The van der Waals surface area contributed by atoms with Crippen molar-refractivity contribution in [2.45, 2.75) is 23.8 Å². The smallest absolute Gasteiger partial charge is 0.0902 e. The van der Waals surface area contributed by atoms with Crippen molar-refractivity contribution in [3.63, 3.8) is 0 Å². The summed E-state index contributed by atoms with van der Waals surface area (Å²) in [6.07, 6.45) is 6.18. The van der Waals surface area contributed by atoms with Crippen LogP contribution >= 0.6 is 15.9 Å². The molecular formula is C8H11BrN2. The van der Waals surface area contributed by atoms with Crippen LogP contribution in [0.3, 0.4) is 0 Å². The van der Waals surface area contributed by atoms with E-state index in [2.05, 4.69) is 45.3 Å². The van der Waals surface area contributed by atoms with Gasteiger partial charge in [0.25, 0.3) is 0 Å². The summed E-state index contributed by atoms with van der Waals surface area (Å²) >= 11 is 3.61. The summed E-state index contributed by atoms with van der Waals surface area (Å²) < 4.78 is 0. The van der Waals surface area contributed by atoms with Gasteiger partial charge in [0.1, 0.15) is 0 Å².